The van der Waals surface area contributed by atoms with Crippen LogP contribution in [0.2, 0.25) is 0 Å². The van der Waals surface area contributed by atoms with E-state index in [0.717, 1.165) is 29.7 Å². The van der Waals surface area contributed by atoms with E-state index < -0.39 is 0 Å². The molecule has 2 aromatic rings. The monoisotopic (exact) mass is 381 g/mol. The van der Waals surface area contributed by atoms with Crippen LogP contribution in [0.3, 0.4) is 0 Å². The third-order valence-electron chi connectivity index (χ3n) is 5.09. The summed E-state index contributed by atoms with van der Waals surface area (Å²) in [6.07, 6.45) is 2.13. The zero-order chi connectivity index (χ0) is 20.1. The highest BCUT2D eigenvalue weighted by atomic mass is 16.5. The molecule has 1 N–H and O–H groups in total. The molecule has 148 valence electrons. The molecular weight excluding hydrogens is 354 g/mol. The van der Waals surface area contributed by atoms with Gasteiger partial charge in [0.1, 0.15) is 5.75 Å². The van der Waals surface area contributed by atoms with Crippen LogP contribution in [0.1, 0.15) is 30.0 Å². The molecule has 0 saturated carbocycles. The summed E-state index contributed by atoms with van der Waals surface area (Å²) in [6.45, 7) is 0.701. The smallest absolute Gasteiger partial charge is 0.322 e. The molecule has 1 saturated heterocycles. The molecule has 6 heteroatoms. The first-order valence-electron chi connectivity index (χ1n) is 9.49. The summed E-state index contributed by atoms with van der Waals surface area (Å²) in [5.74, 6) is 0.787. The Morgan fingerprint density at radius 1 is 1.18 bits per heavy atom. The molecular formula is C22H27N3O3. The van der Waals surface area contributed by atoms with Gasteiger partial charge in [-0.25, -0.2) is 4.79 Å². The number of anilines is 1. The fourth-order valence-corrected chi connectivity index (χ4v) is 3.51. The second-order valence-electron chi connectivity index (χ2n) is 7.18. The van der Waals surface area contributed by atoms with E-state index in [-0.39, 0.29) is 24.4 Å². The first kappa shape index (κ1) is 19.7. The van der Waals surface area contributed by atoms with Crippen LogP contribution < -0.4 is 10.1 Å². The average molecular weight is 381 g/mol. The third-order valence-corrected chi connectivity index (χ3v) is 5.09. The predicted octanol–water partition coefficient (Wildman–Crippen LogP) is 3.69. The average Bonchev–Trinajstić information content (AvgIpc) is 3.19. The summed E-state index contributed by atoms with van der Waals surface area (Å²) in [5.41, 5.74) is 2.56. The Hall–Kier alpha value is -3.02. The van der Waals surface area contributed by atoms with Crippen molar-refractivity contribution >= 4 is 17.6 Å². The van der Waals surface area contributed by atoms with Gasteiger partial charge >= 0.3 is 6.03 Å². The Bertz CT molecular complexity index is 850. The van der Waals surface area contributed by atoms with Crippen molar-refractivity contribution in [3.8, 4) is 5.75 Å². The molecule has 1 fully saturated rings. The molecule has 2 aromatic carbocycles. The third kappa shape index (κ3) is 4.44. The Kier molecular flexibility index (Phi) is 6.19. The van der Waals surface area contributed by atoms with Crippen molar-refractivity contribution in [2.75, 3.05) is 33.1 Å². The number of rotatable bonds is 5. The summed E-state index contributed by atoms with van der Waals surface area (Å²) in [7, 11) is 5.10. The molecule has 28 heavy (non-hydrogen) atoms. The summed E-state index contributed by atoms with van der Waals surface area (Å²) in [5, 5.41) is 3.01. The van der Waals surface area contributed by atoms with Crippen LogP contribution in [0.25, 0.3) is 0 Å². The minimum atomic E-state index is -0.143. The van der Waals surface area contributed by atoms with Crippen molar-refractivity contribution in [1.29, 1.82) is 0 Å². The second kappa shape index (κ2) is 8.78. The van der Waals surface area contributed by atoms with E-state index in [0.29, 0.717) is 12.2 Å². The van der Waals surface area contributed by atoms with E-state index in [2.05, 4.69) is 5.32 Å². The van der Waals surface area contributed by atoms with E-state index in [1.807, 2.05) is 53.4 Å². The lowest BCUT2D eigenvalue weighted by molar-refractivity contribution is -0.127. The van der Waals surface area contributed by atoms with E-state index in [1.165, 1.54) is 0 Å². The van der Waals surface area contributed by atoms with Gasteiger partial charge in [-0.3, -0.25) is 4.79 Å². The Labute approximate surface area is 166 Å². The van der Waals surface area contributed by atoms with Crippen molar-refractivity contribution in [1.82, 2.24) is 9.80 Å². The summed E-state index contributed by atoms with van der Waals surface area (Å²) in [4.78, 5) is 28.5. The Morgan fingerprint density at radius 2 is 1.96 bits per heavy atom. The van der Waals surface area contributed by atoms with E-state index in [1.54, 1.807) is 26.1 Å². The molecule has 1 heterocycles. The van der Waals surface area contributed by atoms with Gasteiger partial charge in [0.2, 0.25) is 5.91 Å². The van der Waals surface area contributed by atoms with Gasteiger partial charge in [-0.2, -0.15) is 0 Å². The molecule has 6 nitrogen and oxygen atoms in total. The number of likely N-dealkylation sites (tertiary alicyclic amines) is 1. The molecule has 0 radical (unpaired) electrons. The minimum Gasteiger partial charge on any atom is -0.497 e. The lowest BCUT2D eigenvalue weighted by atomic mass is 10.0. The number of ether oxygens (including phenoxy) is 1. The fraction of sp³-hybridized carbons (Fsp3) is 0.364. The van der Waals surface area contributed by atoms with E-state index in [9.17, 15) is 9.59 Å². The number of benzene rings is 2. The highest BCUT2D eigenvalue weighted by Crippen LogP contribution is 2.34. The first-order chi connectivity index (χ1) is 13.5. The molecule has 3 rings (SSSR count). The van der Waals surface area contributed by atoms with Gasteiger partial charge < -0.3 is 19.9 Å². The standard InChI is InChI=1S/C22H27N3O3/c1-24(2)21(26)15-16-8-4-5-11-19(16)23-22(27)25-13-7-12-20(25)17-9-6-10-18(14-17)28-3/h4-6,8-11,14,20H,7,12-13,15H2,1-3H3,(H,23,27). The number of hydrogen-bond donors (Lipinski definition) is 1. The molecule has 0 aromatic heterocycles. The number of nitrogens with one attached hydrogen (secondary N) is 1. The topological polar surface area (TPSA) is 61.9 Å². The van der Waals surface area contributed by atoms with Crippen molar-refractivity contribution in [3.63, 3.8) is 0 Å². The van der Waals surface area contributed by atoms with Crippen LogP contribution in [-0.2, 0) is 11.2 Å². The first-order valence-corrected chi connectivity index (χ1v) is 9.49. The number of likely N-dealkylation sites (N-methyl/N-ethyl adjacent to an activating group) is 1. The number of hydrogen-bond acceptors (Lipinski definition) is 3. The van der Waals surface area contributed by atoms with Crippen LogP contribution in [0.15, 0.2) is 48.5 Å². The highest BCUT2D eigenvalue weighted by molar-refractivity contribution is 5.92. The zero-order valence-electron chi connectivity index (χ0n) is 16.6. The fourth-order valence-electron chi connectivity index (χ4n) is 3.51. The van der Waals surface area contributed by atoms with Crippen LogP contribution in [0.4, 0.5) is 10.5 Å². The number of para-hydroxylation sites is 1. The number of urea groups is 1. The van der Waals surface area contributed by atoms with E-state index in [4.69, 9.17) is 4.74 Å². The molecule has 0 spiro atoms. The van der Waals surface area contributed by atoms with Gasteiger partial charge in [0.25, 0.3) is 0 Å². The molecule has 1 aliphatic rings. The predicted molar refractivity (Wildman–Crippen MR) is 110 cm³/mol. The Balaban J connectivity index is 1.76. The number of amides is 3. The maximum atomic E-state index is 13.0. The van der Waals surface area contributed by atoms with Crippen molar-refractivity contribution in [2.24, 2.45) is 0 Å². The molecule has 1 unspecified atom stereocenters. The maximum Gasteiger partial charge on any atom is 0.322 e. The van der Waals surface area contributed by atoms with Crippen molar-refractivity contribution in [2.45, 2.75) is 25.3 Å². The van der Waals surface area contributed by atoms with Gasteiger partial charge in [0.15, 0.2) is 0 Å². The number of methoxy groups -OCH3 is 1. The number of carbonyl (C=O) groups excluding carboxylic acids is 2. The van der Waals surface area contributed by atoms with Crippen molar-refractivity contribution < 1.29 is 14.3 Å². The van der Waals surface area contributed by atoms with Gasteiger partial charge in [-0.1, -0.05) is 30.3 Å². The molecule has 0 bridgehead atoms. The minimum absolute atomic E-state index is 0.00266. The van der Waals surface area contributed by atoms with Crippen molar-refractivity contribution in [3.05, 3.63) is 59.7 Å². The molecule has 1 atom stereocenters. The van der Waals surface area contributed by atoms with Gasteiger partial charge in [-0.15, -0.1) is 0 Å². The van der Waals surface area contributed by atoms with Crippen LogP contribution in [0, 0.1) is 0 Å². The second-order valence-corrected chi connectivity index (χ2v) is 7.18. The number of nitrogens with zero attached hydrogens (tertiary/aromatic N) is 2. The summed E-state index contributed by atoms with van der Waals surface area (Å²) in [6, 6.07) is 15.2. The lowest BCUT2D eigenvalue weighted by Gasteiger charge is -2.26. The SMILES string of the molecule is COc1cccc(C2CCCN2C(=O)Nc2ccccc2CC(=O)N(C)C)c1. The highest BCUT2D eigenvalue weighted by Gasteiger charge is 2.30. The van der Waals surface area contributed by atoms with Gasteiger partial charge in [0, 0.05) is 26.3 Å². The van der Waals surface area contributed by atoms with Crippen LogP contribution in [-0.4, -0.2) is 49.5 Å². The zero-order valence-corrected chi connectivity index (χ0v) is 16.6. The Morgan fingerprint density at radius 3 is 2.71 bits per heavy atom. The lowest BCUT2D eigenvalue weighted by Crippen LogP contribution is -2.35. The molecule has 0 aliphatic carbocycles. The van der Waals surface area contributed by atoms with Crippen LogP contribution >= 0.6 is 0 Å². The molecule has 3 amide bonds. The number of carbonyl (C=O) groups is 2. The largest absolute Gasteiger partial charge is 0.497 e. The maximum absolute atomic E-state index is 13.0. The summed E-state index contributed by atoms with van der Waals surface area (Å²) >= 11 is 0. The van der Waals surface area contributed by atoms with Gasteiger partial charge in [0.05, 0.1) is 19.6 Å². The van der Waals surface area contributed by atoms with E-state index >= 15 is 0 Å². The quantitative estimate of drug-likeness (QED) is 0.859. The summed E-state index contributed by atoms with van der Waals surface area (Å²) < 4.78 is 5.32. The normalized spacial score (nSPS) is 16.0. The van der Waals surface area contributed by atoms with Gasteiger partial charge in [-0.05, 0) is 42.2 Å². The molecule has 1 aliphatic heterocycles. The van der Waals surface area contributed by atoms with Crippen LogP contribution in [0.5, 0.6) is 5.75 Å².